The first-order valence-electron chi connectivity index (χ1n) is 9.29. The van der Waals surface area contributed by atoms with Gasteiger partial charge in [0, 0.05) is 16.6 Å². The number of carboxylic acids is 1. The summed E-state index contributed by atoms with van der Waals surface area (Å²) in [6, 6.07) is 5.05. The number of guanidine groups is 1. The molecule has 31 heavy (non-hydrogen) atoms. The molecule has 0 saturated carbocycles. The number of ether oxygens (including phenoxy) is 2. The third-order valence-electron chi connectivity index (χ3n) is 3.76. The fourth-order valence-electron chi connectivity index (χ4n) is 2.04. The van der Waals surface area contributed by atoms with Crippen LogP contribution in [0.3, 0.4) is 0 Å². The van der Waals surface area contributed by atoms with Gasteiger partial charge in [0.1, 0.15) is 0 Å². The maximum atomic E-state index is 12.2. The van der Waals surface area contributed by atoms with Crippen LogP contribution < -0.4 is 16.0 Å². The number of carboxylic acid groups (broad SMARTS) is 1. The molecule has 0 saturated heterocycles. The first-order valence-corrected chi connectivity index (χ1v) is 10.2. The highest BCUT2D eigenvalue weighted by Crippen LogP contribution is 2.33. The number of alkyl carbamates (subject to hydrolysis) is 2. The van der Waals surface area contributed by atoms with Crippen LogP contribution in [-0.4, -0.2) is 54.6 Å². The molecule has 0 aliphatic carbocycles. The number of anilines is 1. The molecule has 0 aromatic heterocycles. The number of benzene rings is 1. The van der Waals surface area contributed by atoms with E-state index in [0.29, 0.717) is 5.25 Å². The number of hydrogen-bond acceptors (Lipinski definition) is 8. The molecular formula is C19H26N4O7S. The van der Waals surface area contributed by atoms with Crippen molar-refractivity contribution in [1.29, 1.82) is 0 Å². The van der Waals surface area contributed by atoms with Gasteiger partial charge in [0.2, 0.25) is 11.9 Å². The minimum Gasteiger partial charge on any atom is -0.481 e. The molecule has 0 fully saturated rings. The van der Waals surface area contributed by atoms with E-state index in [0.717, 1.165) is 25.5 Å². The third-order valence-corrected chi connectivity index (χ3v) is 5.03. The number of amides is 3. The number of nitrogens with one attached hydrogen (secondary N) is 3. The molecule has 0 aliphatic rings. The Kier molecular flexibility index (Phi) is 10.9. The lowest BCUT2D eigenvalue weighted by Crippen LogP contribution is -2.43. The van der Waals surface area contributed by atoms with Gasteiger partial charge in [-0.3, -0.25) is 20.2 Å². The van der Waals surface area contributed by atoms with Crippen molar-refractivity contribution in [3.8, 4) is 0 Å². The quantitative estimate of drug-likeness (QED) is 0.265. The van der Waals surface area contributed by atoms with Crippen LogP contribution in [0.4, 0.5) is 21.0 Å². The lowest BCUT2D eigenvalue weighted by Gasteiger charge is -2.14. The Bertz CT molecular complexity index is 825. The van der Waals surface area contributed by atoms with Crippen LogP contribution in [0.5, 0.6) is 0 Å². The number of thioether (sulfide) groups is 1. The van der Waals surface area contributed by atoms with Crippen LogP contribution in [0.1, 0.15) is 33.1 Å². The summed E-state index contributed by atoms with van der Waals surface area (Å²) in [5, 5.41) is 16.2. The topological polar surface area (TPSA) is 155 Å². The highest BCUT2D eigenvalue weighted by Gasteiger charge is 2.15. The van der Waals surface area contributed by atoms with E-state index in [1.165, 1.54) is 0 Å². The summed E-state index contributed by atoms with van der Waals surface area (Å²) >= 11 is 1.59. The van der Waals surface area contributed by atoms with Gasteiger partial charge >= 0.3 is 18.2 Å². The normalized spacial score (nSPS) is 11.0. The van der Waals surface area contributed by atoms with Crippen LogP contribution in [0.15, 0.2) is 28.1 Å². The number of aliphatic carboxylic acids is 1. The number of methoxy groups -OCH3 is 2. The average molecular weight is 455 g/mol. The van der Waals surface area contributed by atoms with Crippen molar-refractivity contribution in [2.45, 2.75) is 43.3 Å². The van der Waals surface area contributed by atoms with Crippen molar-refractivity contribution in [1.82, 2.24) is 10.6 Å². The number of carbonyl (C=O) groups is 4. The zero-order valence-electron chi connectivity index (χ0n) is 17.7. The molecule has 0 spiro atoms. The van der Waals surface area contributed by atoms with Crippen LogP contribution in [-0.2, 0) is 19.1 Å². The first kappa shape index (κ1) is 25.8. The third kappa shape index (κ3) is 9.85. The standard InChI is InChI=1S/C19H26N4O7S/c1-5-11(2)31-12-6-7-13(14(10-12)20-15(24)8-9-16(25)26)21-17(22-18(27)29-3)23-19(28)30-4/h6-7,10-11H,5,8-9H2,1-4H3,(H,20,24)(H,25,26)(H2,21,22,23,27,28). The van der Waals surface area contributed by atoms with Gasteiger partial charge in [-0.15, -0.1) is 11.8 Å². The van der Waals surface area contributed by atoms with E-state index in [1.54, 1.807) is 30.0 Å². The summed E-state index contributed by atoms with van der Waals surface area (Å²) < 4.78 is 9.01. The highest BCUT2D eigenvalue weighted by atomic mass is 32.2. The molecule has 0 aliphatic heterocycles. The summed E-state index contributed by atoms with van der Waals surface area (Å²) in [5.41, 5.74) is 0.486. The van der Waals surface area contributed by atoms with E-state index in [-0.39, 0.29) is 30.2 Å². The molecule has 0 heterocycles. The molecule has 12 heteroatoms. The van der Waals surface area contributed by atoms with E-state index in [1.807, 2.05) is 6.92 Å². The van der Waals surface area contributed by atoms with Gasteiger partial charge in [0.05, 0.1) is 32.0 Å². The van der Waals surface area contributed by atoms with Crippen LogP contribution in [0, 0.1) is 0 Å². The maximum Gasteiger partial charge on any atom is 0.413 e. The Balaban J connectivity index is 3.29. The largest absolute Gasteiger partial charge is 0.481 e. The minimum atomic E-state index is -1.10. The number of aliphatic imine (C=N–C) groups is 1. The first-order chi connectivity index (χ1) is 14.7. The van der Waals surface area contributed by atoms with Crippen molar-refractivity contribution in [2.75, 3.05) is 19.5 Å². The molecule has 4 N–H and O–H groups in total. The molecule has 1 unspecified atom stereocenters. The molecule has 0 bridgehead atoms. The SMILES string of the molecule is CCC(C)Sc1ccc(N=C(NC(=O)OC)NC(=O)OC)c(NC(=O)CCC(=O)O)c1. The van der Waals surface area contributed by atoms with Gasteiger partial charge in [0.15, 0.2) is 0 Å². The summed E-state index contributed by atoms with van der Waals surface area (Å²) in [5.74, 6) is -1.91. The second-order valence-electron chi connectivity index (χ2n) is 6.15. The molecule has 1 aromatic rings. The summed E-state index contributed by atoms with van der Waals surface area (Å²) in [6.45, 7) is 4.11. The van der Waals surface area contributed by atoms with Gasteiger partial charge in [-0.2, -0.15) is 0 Å². The summed E-state index contributed by atoms with van der Waals surface area (Å²) in [7, 11) is 2.28. The molecular weight excluding hydrogens is 428 g/mol. The van der Waals surface area contributed by atoms with E-state index >= 15 is 0 Å². The van der Waals surface area contributed by atoms with E-state index < -0.39 is 24.1 Å². The van der Waals surface area contributed by atoms with Gasteiger partial charge in [0.25, 0.3) is 0 Å². The fourth-order valence-corrected chi connectivity index (χ4v) is 3.00. The van der Waals surface area contributed by atoms with Crippen LogP contribution >= 0.6 is 11.8 Å². The smallest absolute Gasteiger partial charge is 0.413 e. The number of rotatable bonds is 8. The second kappa shape index (κ2) is 13.1. The van der Waals surface area contributed by atoms with Crippen molar-refractivity contribution in [2.24, 2.45) is 4.99 Å². The minimum absolute atomic E-state index is 0.208. The highest BCUT2D eigenvalue weighted by molar-refractivity contribution is 7.99. The van der Waals surface area contributed by atoms with E-state index in [4.69, 9.17) is 5.11 Å². The number of carbonyl (C=O) groups excluding carboxylic acids is 3. The van der Waals surface area contributed by atoms with Gasteiger partial charge in [-0.05, 0) is 24.6 Å². The van der Waals surface area contributed by atoms with Crippen molar-refractivity contribution in [3.05, 3.63) is 18.2 Å². The van der Waals surface area contributed by atoms with Crippen molar-refractivity contribution < 1.29 is 33.8 Å². The van der Waals surface area contributed by atoms with E-state index in [9.17, 15) is 19.2 Å². The number of hydrogen-bond donors (Lipinski definition) is 4. The molecule has 11 nitrogen and oxygen atoms in total. The Labute approximate surface area is 184 Å². The molecule has 1 rings (SSSR count). The van der Waals surface area contributed by atoms with Crippen LogP contribution in [0.2, 0.25) is 0 Å². The Hall–Kier alpha value is -3.28. The fraction of sp³-hybridized carbons (Fsp3) is 0.421. The number of nitrogens with zero attached hydrogens (tertiary/aromatic N) is 1. The van der Waals surface area contributed by atoms with E-state index in [2.05, 4.69) is 37.3 Å². The monoisotopic (exact) mass is 454 g/mol. The predicted octanol–water partition coefficient (Wildman–Crippen LogP) is 3.08. The Morgan fingerprint density at radius 2 is 1.71 bits per heavy atom. The van der Waals surface area contributed by atoms with Crippen molar-refractivity contribution in [3.63, 3.8) is 0 Å². The second-order valence-corrected chi connectivity index (χ2v) is 7.66. The zero-order valence-corrected chi connectivity index (χ0v) is 18.5. The average Bonchev–Trinajstić information content (AvgIpc) is 2.73. The lowest BCUT2D eigenvalue weighted by atomic mass is 10.2. The molecule has 0 radical (unpaired) electrons. The molecule has 170 valence electrons. The van der Waals surface area contributed by atoms with Gasteiger partial charge < -0.3 is 19.9 Å². The van der Waals surface area contributed by atoms with Gasteiger partial charge in [-0.25, -0.2) is 14.6 Å². The molecule has 3 amide bonds. The van der Waals surface area contributed by atoms with Crippen LogP contribution in [0.25, 0.3) is 0 Å². The Morgan fingerprint density at radius 1 is 1.10 bits per heavy atom. The van der Waals surface area contributed by atoms with Crippen molar-refractivity contribution >= 4 is 53.2 Å². The molecule has 1 atom stereocenters. The van der Waals surface area contributed by atoms with Gasteiger partial charge in [-0.1, -0.05) is 13.8 Å². The lowest BCUT2D eigenvalue weighted by molar-refractivity contribution is -0.138. The maximum absolute atomic E-state index is 12.2. The predicted molar refractivity (Wildman–Crippen MR) is 116 cm³/mol. The Morgan fingerprint density at radius 3 is 2.23 bits per heavy atom. The zero-order chi connectivity index (χ0) is 23.4. The summed E-state index contributed by atoms with van der Waals surface area (Å²) in [6.07, 6.45) is -1.39. The summed E-state index contributed by atoms with van der Waals surface area (Å²) in [4.78, 5) is 51.1. The molecule has 1 aromatic carbocycles.